The van der Waals surface area contributed by atoms with Gasteiger partial charge in [0, 0.05) is 16.8 Å². The quantitative estimate of drug-likeness (QED) is 0.558. The Morgan fingerprint density at radius 2 is 2.12 bits per heavy atom. The highest BCUT2D eigenvalue weighted by atomic mass is 79.9. The van der Waals surface area contributed by atoms with Crippen LogP contribution in [0.15, 0.2) is 6.20 Å². The molecule has 1 aromatic rings. The number of rotatable bonds is 2. The molecule has 2 atom stereocenters. The first-order chi connectivity index (χ1) is 8.09. The van der Waals surface area contributed by atoms with Crippen molar-refractivity contribution >= 4 is 27.5 Å². The average molecular weight is 320 g/mol. The monoisotopic (exact) mass is 318 g/mol. The van der Waals surface area contributed by atoms with E-state index in [0.717, 1.165) is 5.02 Å². The van der Waals surface area contributed by atoms with Crippen molar-refractivity contribution in [3.8, 4) is 0 Å². The number of hydrogen-bond donors (Lipinski definition) is 0. The first-order valence-corrected chi connectivity index (χ1v) is 7.76. The molecule has 0 radical (unpaired) electrons. The topological polar surface area (TPSA) is 17.8 Å². The molecule has 2 nitrogen and oxygen atoms in total. The summed E-state index contributed by atoms with van der Waals surface area (Å²) >= 11 is 10.1. The van der Waals surface area contributed by atoms with Crippen LogP contribution in [0.3, 0.4) is 0 Å². The Balaban J connectivity index is 2.28. The minimum atomic E-state index is 0.384. The zero-order valence-corrected chi connectivity index (χ0v) is 12.8. The van der Waals surface area contributed by atoms with E-state index in [1.165, 1.54) is 37.8 Å². The Labute approximate surface area is 117 Å². The van der Waals surface area contributed by atoms with Gasteiger partial charge in [-0.1, -0.05) is 40.4 Å². The van der Waals surface area contributed by atoms with Gasteiger partial charge in [0.1, 0.15) is 0 Å². The second-order valence-corrected chi connectivity index (χ2v) is 6.93. The summed E-state index contributed by atoms with van der Waals surface area (Å²) < 4.78 is 2.10. The maximum atomic E-state index is 6.32. The van der Waals surface area contributed by atoms with Gasteiger partial charge in [0.25, 0.3) is 0 Å². The second-order valence-electron chi connectivity index (χ2n) is 5.23. The molecule has 2 unspecified atom stereocenters. The molecule has 1 aliphatic rings. The molecule has 2 rings (SSSR count). The summed E-state index contributed by atoms with van der Waals surface area (Å²) in [6, 6.07) is 0.384. The molecule has 1 aromatic heterocycles. The fourth-order valence-corrected chi connectivity index (χ4v) is 3.75. The summed E-state index contributed by atoms with van der Waals surface area (Å²) in [5.41, 5.74) is 1.24. The molecule has 0 bridgehead atoms. The molecule has 17 heavy (non-hydrogen) atoms. The molecular formula is C13H20BrClN2. The van der Waals surface area contributed by atoms with Crippen molar-refractivity contribution in [2.24, 2.45) is 0 Å². The molecule has 0 spiro atoms. The van der Waals surface area contributed by atoms with Crippen LogP contribution in [0.25, 0.3) is 0 Å². The number of nitrogens with zero attached hydrogens (tertiary/aromatic N) is 2. The van der Waals surface area contributed by atoms with E-state index in [9.17, 15) is 0 Å². The highest BCUT2D eigenvalue weighted by Crippen LogP contribution is 2.38. The van der Waals surface area contributed by atoms with Crippen molar-refractivity contribution in [2.45, 2.75) is 62.7 Å². The largest absolute Gasteiger partial charge is 0.265 e. The van der Waals surface area contributed by atoms with Crippen LogP contribution >= 0.6 is 27.5 Å². The van der Waals surface area contributed by atoms with E-state index >= 15 is 0 Å². The third-order valence-electron chi connectivity index (χ3n) is 3.52. The first-order valence-electron chi connectivity index (χ1n) is 6.46. The van der Waals surface area contributed by atoms with Gasteiger partial charge >= 0.3 is 0 Å². The Morgan fingerprint density at radius 1 is 1.41 bits per heavy atom. The lowest BCUT2D eigenvalue weighted by molar-refractivity contribution is 0.465. The Kier molecular flexibility index (Phi) is 4.53. The lowest BCUT2D eigenvalue weighted by Gasteiger charge is -2.20. The molecular weight excluding hydrogens is 300 g/mol. The van der Waals surface area contributed by atoms with Crippen LogP contribution in [0.5, 0.6) is 0 Å². The smallest absolute Gasteiger partial charge is 0.0820 e. The van der Waals surface area contributed by atoms with E-state index in [4.69, 9.17) is 11.6 Å². The van der Waals surface area contributed by atoms with Gasteiger partial charge in [0.05, 0.1) is 16.9 Å². The van der Waals surface area contributed by atoms with Gasteiger partial charge in [0.2, 0.25) is 0 Å². The summed E-state index contributed by atoms with van der Waals surface area (Å²) in [7, 11) is 0. The predicted octanol–water partition coefficient (Wildman–Crippen LogP) is 4.93. The Hall–Kier alpha value is -0.0200. The van der Waals surface area contributed by atoms with Gasteiger partial charge in [-0.15, -0.1) is 0 Å². The van der Waals surface area contributed by atoms with Gasteiger partial charge in [-0.3, -0.25) is 4.68 Å². The van der Waals surface area contributed by atoms with Gasteiger partial charge in [-0.2, -0.15) is 5.10 Å². The highest BCUT2D eigenvalue weighted by molar-refractivity contribution is 9.09. The van der Waals surface area contributed by atoms with Crippen LogP contribution in [0.4, 0.5) is 0 Å². The van der Waals surface area contributed by atoms with Crippen LogP contribution in [0, 0.1) is 0 Å². The molecule has 1 saturated carbocycles. The summed E-state index contributed by atoms with van der Waals surface area (Å²) in [6.07, 6.45) is 8.11. The van der Waals surface area contributed by atoms with Crippen LogP contribution in [-0.2, 0) is 0 Å². The van der Waals surface area contributed by atoms with Crippen LogP contribution in [-0.4, -0.2) is 14.6 Å². The summed E-state index contributed by atoms with van der Waals surface area (Å²) in [6.45, 7) is 4.32. The van der Waals surface area contributed by atoms with Crippen LogP contribution in [0.2, 0.25) is 5.02 Å². The van der Waals surface area contributed by atoms with Crippen molar-refractivity contribution in [1.29, 1.82) is 0 Å². The van der Waals surface area contributed by atoms with Crippen molar-refractivity contribution < 1.29 is 0 Å². The lowest BCUT2D eigenvalue weighted by atomic mass is 9.96. The first kappa shape index (κ1) is 13.4. The summed E-state index contributed by atoms with van der Waals surface area (Å²) in [5, 5.41) is 5.25. The van der Waals surface area contributed by atoms with E-state index in [-0.39, 0.29) is 0 Å². The Morgan fingerprint density at radius 3 is 2.82 bits per heavy atom. The number of aromatic nitrogens is 2. The van der Waals surface area contributed by atoms with Crippen LogP contribution < -0.4 is 0 Å². The molecule has 0 saturated heterocycles. The van der Waals surface area contributed by atoms with Gasteiger partial charge in [-0.25, -0.2) is 0 Å². The van der Waals surface area contributed by atoms with Gasteiger partial charge in [-0.05, 0) is 33.1 Å². The molecule has 0 N–H and O–H groups in total. The van der Waals surface area contributed by atoms with E-state index < -0.39 is 0 Å². The summed E-state index contributed by atoms with van der Waals surface area (Å²) in [5.74, 6) is 0.555. The highest BCUT2D eigenvalue weighted by Gasteiger charge is 2.25. The van der Waals surface area contributed by atoms with Crippen LogP contribution in [0.1, 0.15) is 63.6 Å². The molecule has 1 heterocycles. The third kappa shape index (κ3) is 3.05. The molecule has 0 aliphatic heterocycles. The molecule has 0 aromatic carbocycles. The molecule has 1 aliphatic carbocycles. The summed E-state index contributed by atoms with van der Waals surface area (Å²) in [4.78, 5) is 0.626. The predicted molar refractivity (Wildman–Crippen MR) is 76.2 cm³/mol. The number of hydrogen-bond acceptors (Lipinski definition) is 1. The zero-order valence-electron chi connectivity index (χ0n) is 10.5. The third-order valence-corrected chi connectivity index (χ3v) is 4.65. The SMILES string of the molecule is CC(C)n1ncc(Cl)c1C1CCCCC(Br)C1. The maximum absolute atomic E-state index is 6.32. The second kappa shape index (κ2) is 5.75. The molecule has 96 valence electrons. The van der Waals surface area contributed by atoms with Crippen molar-refractivity contribution in [3.63, 3.8) is 0 Å². The zero-order chi connectivity index (χ0) is 12.4. The van der Waals surface area contributed by atoms with Crippen molar-refractivity contribution in [2.75, 3.05) is 0 Å². The normalized spacial score (nSPS) is 26.2. The van der Waals surface area contributed by atoms with E-state index in [0.29, 0.717) is 16.8 Å². The number of halogens is 2. The van der Waals surface area contributed by atoms with Gasteiger partial charge in [0.15, 0.2) is 0 Å². The van der Waals surface area contributed by atoms with E-state index in [1.807, 2.05) is 0 Å². The van der Waals surface area contributed by atoms with Gasteiger partial charge < -0.3 is 0 Å². The lowest BCUT2D eigenvalue weighted by Crippen LogP contribution is -2.13. The molecule has 1 fully saturated rings. The minimum Gasteiger partial charge on any atom is -0.265 e. The number of alkyl halides is 1. The standard InChI is InChI=1S/C13H20BrClN2/c1-9(2)17-13(12(15)8-16-17)10-5-3-4-6-11(14)7-10/h8-11H,3-7H2,1-2H3. The fraction of sp³-hybridized carbons (Fsp3) is 0.769. The van der Waals surface area contributed by atoms with Crippen molar-refractivity contribution in [3.05, 3.63) is 16.9 Å². The van der Waals surface area contributed by atoms with E-state index in [2.05, 4.69) is 39.6 Å². The fourth-order valence-electron chi connectivity index (χ4n) is 2.69. The maximum Gasteiger partial charge on any atom is 0.0820 e. The van der Waals surface area contributed by atoms with E-state index in [1.54, 1.807) is 6.20 Å². The Bertz CT molecular complexity index is 375. The molecule has 4 heteroatoms. The minimum absolute atomic E-state index is 0.384. The van der Waals surface area contributed by atoms with Crippen molar-refractivity contribution in [1.82, 2.24) is 9.78 Å². The average Bonchev–Trinajstić information content (AvgIpc) is 2.52. The molecule has 0 amide bonds.